The highest BCUT2D eigenvalue weighted by atomic mass is 28.3. The molecule has 0 saturated carbocycles. The number of hydrogen-bond acceptors (Lipinski definition) is 4. The summed E-state index contributed by atoms with van der Waals surface area (Å²) in [5, 5.41) is 2.40. The summed E-state index contributed by atoms with van der Waals surface area (Å²) in [5.74, 6) is 0.340. The van der Waals surface area contributed by atoms with Crippen molar-refractivity contribution in [1.29, 1.82) is 0 Å². The largest absolute Gasteiger partial charge is 0.361 e. The molecule has 0 aromatic carbocycles. The number of urea groups is 1. The van der Waals surface area contributed by atoms with Crippen molar-refractivity contribution in [2.24, 2.45) is 5.73 Å². The molecule has 2 aromatic rings. The number of amides is 2. The first-order valence-electron chi connectivity index (χ1n) is 6.81. The van der Waals surface area contributed by atoms with Gasteiger partial charge in [-0.2, -0.15) is 0 Å². The van der Waals surface area contributed by atoms with Gasteiger partial charge in [0.1, 0.15) is 12.2 Å². The molecule has 2 aromatic heterocycles. The highest BCUT2D eigenvalue weighted by molar-refractivity contribution is 6.76. The number of aromatic nitrogens is 3. The van der Waals surface area contributed by atoms with Crippen LogP contribution in [0.25, 0.3) is 11.2 Å². The van der Waals surface area contributed by atoms with Crippen LogP contribution in [0.5, 0.6) is 0 Å². The van der Waals surface area contributed by atoms with E-state index in [1.165, 1.54) is 6.20 Å². The van der Waals surface area contributed by atoms with Gasteiger partial charge in [-0.25, -0.2) is 14.8 Å². The van der Waals surface area contributed by atoms with Crippen molar-refractivity contribution in [3.63, 3.8) is 0 Å². The Morgan fingerprint density at radius 3 is 2.90 bits per heavy atom. The Morgan fingerprint density at radius 1 is 1.48 bits per heavy atom. The second-order valence-corrected chi connectivity index (χ2v) is 11.7. The van der Waals surface area contributed by atoms with E-state index in [1.807, 2.05) is 16.8 Å². The van der Waals surface area contributed by atoms with Crippen LogP contribution in [0, 0.1) is 0 Å². The van der Waals surface area contributed by atoms with Gasteiger partial charge in [-0.3, -0.25) is 5.32 Å². The van der Waals surface area contributed by atoms with Crippen LogP contribution in [0.3, 0.4) is 0 Å². The molecule has 0 aliphatic rings. The number of nitrogens with one attached hydrogen (secondary N) is 1. The smallest absolute Gasteiger partial charge is 0.317 e. The SMILES string of the molecule is C[Si](C)(C)CCOCn1ccc2nc(NC(N)=O)cnc21. The Hall–Kier alpha value is -1.93. The molecule has 21 heavy (non-hydrogen) atoms. The average molecular weight is 307 g/mol. The average Bonchev–Trinajstić information content (AvgIpc) is 2.75. The van der Waals surface area contributed by atoms with Crippen LogP contribution in [-0.4, -0.2) is 35.2 Å². The summed E-state index contributed by atoms with van der Waals surface area (Å²) >= 11 is 0. The quantitative estimate of drug-likeness (QED) is 0.632. The lowest BCUT2D eigenvalue weighted by atomic mass is 10.5. The number of nitrogens with two attached hydrogens (primary N) is 1. The number of carbonyl (C=O) groups excluding carboxylic acids is 1. The Balaban J connectivity index is 2.00. The van der Waals surface area contributed by atoms with Gasteiger partial charge in [0.05, 0.1) is 6.20 Å². The molecule has 0 saturated heterocycles. The molecular weight excluding hydrogens is 286 g/mol. The molecule has 7 nitrogen and oxygen atoms in total. The first-order chi connectivity index (χ1) is 9.85. The van der Waals surface area contributed by atoms with Crippen molar-refractivity contribution in [3.05, 3.63) is 18.5 Å². The van der Waals surface area contributed by atoms with Crippen LogP contribution in [0.1, 0.15) is 0 Å². The number of nitrogens with zero attached hydrogens (tertiary/aromatic N) is 3. The second kappa shape index (κ2) is 6.23. The van der Waals surface area contributed by atoms with Crippen molar-refractivity contribution in [2.45, 2.75) is 32.4 Å². The molecule has 2 amide bonds. The van der Waals surface area contributed by atoms with Crippen molar-refractivity contribution in [3.8, 4) is 0 Å². The second-order valence-electron chi connectivity index (χ2n) is 6.09. The molecule has 0 atom stereocenters. The van der Waals surface area contributed by atoms with Crippen LogP contribution in [0.4, 0.5) is 10.6 Å². The summed E-state index contributed by atoms with van der Waals surface area (Å²) in [6, 6.07) is 2.30. The van der Waals surface area contributed by atoms with Gasteiger partial charge in [-0.1, -0.05) is 19.6 Å². The number of hydrogen-bond donors (Lipinski definition) is 2. The predicted molar refractivity (Wildman–Crippen MR) is 84.8 cm³/mol. The van der Waals surface area contributed by atoms with Crippen LogP contribution in [0.2, 0.25) is 25.7 Å². The van der Waals surface area contributed by atoms with E-state index in [2.05, 4.69) is 34.9 Å². The minimum absolute atomic E-state index is 0.340. The number of anilines is 1. The molecule has 0 spiro atoms. The molecule has 8 heteroatoms. The fourth-order valence-corrected chi connectivity index (χ4v) is 2.55. The van der Waals surface area contributed by atoms with E-state index >= 15 is 0 Å². The summed E-state index contributed by atoms with van der Waals surface area (Å²) in [6.45, 7) is 8.16. The van der Waals surface area contributed by atoms with E-state index in [0.717, 1.165) is 18.3 Å². The lowest BCUT2D eigenvalue weighted by Gasteiger charge is -2.15. The fourth-order valence-electron chi connectivity index (χ4n) is 1.79. The van der Waals surface area contributed by atoms with E-state index in [4.69, 9.17) is 10.5 Å². The molecule has 0 fully saturated rings. The third-order valence-electron chi connectivity index (χ3n) is 2.94. The van der Waals surface area contributed by atoms with Crippen LogP contribution in [-0.2, 0) is 11.5 Å². The fraction of sp³-hybridized carbons (Fsp3) is 0.462. The summed E-state index contributed by atoms with van der Waals surface area (Å²) < 4.78 is 7.59. The van der Waals surface area contributed by atoms with Crippen LogP contribution in [0.15, 0.2) is 18.5 Å². The molecule has 3 N–H and O–H groups in total. The molecule has 2 rings (SSSR count). The number of ether oxygens (including phenoxy) is 1. The molecular formula is C13H21N5O2Si. The topological polar surface area (TPSA) is 95.1 Å². The number of carbonyl (C=O) groups is 1. The minimum atomic E-state index is -1.07. The zero-order chi connectivity index (χ0) is 15.5. The Morgan fingerprint density at radius 2 is 2.24 bits per heavy atom. The van der Waals surface area contributed by atoms with Gasteiger partial charge in [0.25, 0.3) is 0 Å². The molecule has 0 unspecified atom stereocenters. The van der Waals surface area contributed by atoms with Crippen molar-refractivity contribution < 1.29 is 9.53 Å². The van der Waals surface area contributed by atoms with Gasteiger partial charge in [0.15, 0.2) is 11.5 Å². The molecule has 2 heterocycles. The highest BCUT2D eigenvalue weighted by Gasteiger charge is 2.12. The number of fused-ring (bicyclic) bond motifs is 1. The molecule has 0 bridgehead atoms. The first kappa shape index (κ1) is 15.5. The van der Waals surface area contributed by atoms with Gasteiger partial charge in [-0.05, 0) is 12.1 Å². The third-order valence-corrected chi connectivity index (χ3v) is 4.65. The zero-order valence-corrected chi connectivity index (χ0v) is 13.6. The molecule has 0 aliphatic carbocycles. The van der Waals surface area contributed by atoms with Crippen molar-refractivity contribution >= 4 is 31.1 Å². The summed E-state index contributed by atoms with van der Waals surface area (Å²) in [4.78, 5) is 19.3. The maximum Gasteiger partial charge on any atom is 0.317 e. The van der Waals surface area contributed by atoms with Crippen LogP contribution >= 0.6 is 0 Å². The number of primary amides is 1. The standard InChI is InChI=1S/C13H21N5O2Si/c1-21(2,3)7-6-20-9-18-5-4-10-12(18)15-8-11(16-10)17-13(14)19/h4-5,8H,6-7,9H2,1-3H3,(H3,14,16,17,19). The van der Waals surface area contributed by atoms with Crippen molar-refractivity contribution in [1.82, 2.24) is 14.5 Å². The monoisotopic (exact) mass is 307 g/mol. The molecule has 0 radical (unpaired) electrons. The Kier molecular flexibility index (Phi) is 4.58. The molecule has 114 valence electrons. The normalized spacial score (nSPS) is 11.8. The summed E-state index contributed by atoms with van der Waals surface area (Å²) in [6.07, 6.45) is 3.35. The Bertz CT molecular complexity index is 635. The van der Waals surface area contributed by atoms with E-state index in [0.29, 0.717) is 18.1 Å². The maximum atomic E-state index is 10.8. The van der Waals surface area contributed by atoms with Crippen LogP contribution < -0.4 is 11.1 Å². The number of rotatable bonds is 6. The lowest BCUT2D eigenvalue weighted by molar-refractivity contribution is 0.0899. The first-order valence-corrected chi connectivity index (χ1v) is 10.5. The van der Waals surface area contributed by atoms with Gasteiger partial charge in [0, 0.05) is 20.9 Å². The Labute approximate surface area is 124 Å². The predicted octanol–water partition coefficient (Wildman–Crippen LogP) is 2.23. The maximum absolute atomic E-state index is 10.8. The van der Waals surface area contributed by atoms with Gasteiger partial charge in [-0.15, -0.1) is 0 Å². The minimum Gasteiger partial charge on any atom is -0.361 e. The van der Waals surface area contributed by atoms with Gasteiger partial charge < -0.3 is 15.0 Å². The van der Waals surface area contributed by atoms with Gasteiger partial charge >= 0.3 is 6.03 Å². The highest BCUT2D eigenvalue weighted by Crippen LogP contribution is 2.14. The van der Waals surface area contributed by atoms with E-state index < -0.39 is 14.1 Å². The van der Waals surface area contributed by atoms with Crippen molar-refractivity contribution in [2.75, 3.05) is 11.9 Å². The third kappa shape index (κ3) is 4.54. The van der Waals surface area contributed by atoms with Gasteiger partial charge in [0.2, 0.25) is 0 Å². The van der Waals surface area contributed by atoms with E-state index in [9.17, 15) is 4.79 Å². The molecule has 0 aliphatic heterocycles. The lowest BCUT2D eigenvalue weighted by Crippen LogP contribution is -2.22. The summed E-state index contributed by atoms with van der Waals surface area (Å²) in [7, 11) is -1.07. The zero-order valence-electron chi connectivity index (χ0n) is 12.6. The summed E-state index contributed by atoms with van der Waals surface area (Å²) in [5.41, 5.74) is 6.46. The van der Waals surface area contributed by atoms with E-state index in [1.54, 1.807) is 0 Å². The van der Waals surface area contributed by atoms with E-state index in [-0.39, 0.29) is 0 Å².